The second-order valence-corrected chi connectivity index (χ2v) is 7.18. The van der Waals surface area contributed by atoms with Crippen LogP contribution >= 0.6 is 27.5 Å². The molecule has 21 heavy (non-hydrogen) atoms. The zero-order valence-corrected chi connectivity index (χ0v) is 14.4. The van der Waals surface area contributed by atoms with Gasteiger partial charge in [0.25, 0.3) is 0 Å². The predicted octanol–water partition coefficient (Wildman–Crippen LogP) is 5.31. The molecule has 1 aliphatic carbocycles. The number of fused-ring (bicyclic) bond motifs is 1. The smallest absolute Gasteiger partial charge is 0.0406 e. The lowest BCUT2D eigenvalue weighted by Crippen LogP contribution is -2.31. The first-order valence-corrected chi connectivity index (χ1v) is 8.58. The highest BCUT2D eigenvalue weighted by Gasteiger charge is 2.23. The fraction of sp³-hybridized carbons (Fsp3) is 0.333. The number of halogens is 2. The van der Waals surface area contributed by atoms with E-state index in [-0.39, 0.29) is 0 Å². The Kier molecular flexibility index (Phi) is 4.68. The van der Waals surface area contributed by atoms with Crippen molar-refractivity contribution in [1.29, 1.82) is 0 Å². The summed E-state index contributed by atoms with van der Waals surface area (Å²) >= 11 is 9.49. The van der Waals surface area contributed by atoms with E-state index in [1.807, 2.05) is 12.1 Å². The first-order chi connectivity index (χ1) is 10.1. The van der Waals surface area contributed by atoms with E-state index in [0.29, 0.717) is 12.1 Å². The minimum absolute atomic E-state index is 0.450. The molecule has 2 aromatic rings. The number of aryl methyl sites for hydroxylation is 1. The quantitative estimate of drug-likeness (QED) is 0.775. The first kappa shape index (κ1) is 15.1. The van der Waals surface area contributed by atoms with Crippen molar-refractivity contribution in [3.05, 3.63) is 68.7 Å². The van der Waals surface area contributed by atoms with Crippen LogP contribution in [0.4, 0.5) is 0 Å². The predicted molar refractivity (Wildman–Crippen MR) is 93.0 cm³/mol. The number of benzene rings is 2. The molecule has 3 rings (SSSR count). The second-order valence-electron chi connectivity index (χ2n) is 5.83. The van der Waals surface area contributed by atoms with Gasteiger partial charge in [-0.3, -0.25) is 0 Å². The average Bonchev–Trinajstić information content (AvgIpc) is 2.83. The Morgan fingerprint density at radius 1 is 1.24 bits per heavy atom. The molecule has 0 spiro atoms. The van der Waals surface area contributed by atoms with E-state index >= 15 is 0 Å². The van der Waals surface area contributed by atoms with Gasteiger partial charge in [0.05, 0.1) is 0 Å². The Bertz CT molecular complexity index is 624. The van der Waals surface area contributed by atoms with Crippen LogP contribution < -0.4 is 5.32 Å². The lowest BCUT2D eigenvalue weighted by atomic mass is 10.0. The molecule has 0 fully saturated rings. The Labute approximate surface area is 139 Å². The molecule has 3 heteroatoms. The molecule has 0 saturated heterocycles. The molecule has 0 radical (unpaired) electrons. The molecule has 0 aromatic heterocycles. The van der Waals surface area contributed by atoms with Crippen LogP contribution in [0, 0.1) is 0 Å². The summed E-state index contributed by atoms with van der Waals surface area (Å²) in [7, 11) is 0. The van der Waals surface area contributed by atoms with E-state index in [1.165, 1.54) is 34.0 Å². The van der Waals surface area contributed by atoms with Crippen molar-refractivity contribution < 1.29 is 0 Å². The average molecular weight is 365 g/mol. The van der Waals surface area contributed by atoms with Gasteiger partial charge in [-0.25, -0.2) is 0 Å². The Morgan fingerprint density at radius 2 is 2.00 bits per heavy atom. The molecule has 0 aliphatic heterocycles. The molecule has 2 atom stereocenters. The minimum Gasteiger partial charge on any atom is -0.307 e. The van der Waals surface area contributed by atoms with E-state index in [4.69, 9.17) is 11.6 Å². The highest BCUT2D eigenvalue weighted by Crippen LogP contribution is 2.33. The van der Waals surface area contributed by atoms with E-state index in [1.54, 1.807) is 0 Å². The van der Waals surface area contributed by atoms with E-state index in [2.05, 4.69) is 58.5 Å². The maximum Gasteiger partial charge on any atom is 0.0406 e. The fourth-order valence-electron chi connectivity index (χ4n) is 3.14. The molecule has 0 bridgehead atoms. The van der Waals surface area contributed by atoms with Gasteiger partial charge in [0.1, 0.15) is 0 Å². The van der Waals surface area contributed by atoms with Crippen molar-refractivity contribution >= 4 is 27.5 Å². The minimum atomic E-state index is 0.450. The standard InChI is InChI=1S/C18H19BrClN/c1-12(10-13-2-6-16(20)7-3-13)21-18-9-4-14-11-15(19)5-8-17(14)18/h2-3,5-8,11-12,18,21H,4,9-10H2,1H3. The molecule has 1 aliphatic rings. The largest absolute Gasteiger partial charge is 0.307 e. The van der Waals surface area contributed by atoms with Crippen LogP contribution in [0.5, 0.6) is 0 Å². The third-order valence-electron chi connectivity index (χ3n) is 4.12. The third-order valence-corrected chi connectivity index (χ3v) is 4.87. The van der Waals surface area contributed by atoms with Gasteiger partial charge in [0.15, 0.2) is 0 Å². The molecule has 110 valence electrons. The Morgan fingerprint density at radius 3 is 2.76 bits per heavy atom. The van der Waals surface area contributed by atoms with Gasteiger partial charge >= 0.3 is 0 Å². The van der Waals surface area contributed by atoms with Crippen LogP contribution in [-0.4, -0.2) is 6.04 Å². The summed E-state index contributed by atoms with van der Waals surface area (Å²) in [6, 6.07) is 15.7. The van der Waals surface area contributed by atoms with Gasteiger partial charge in [0, 0.05) is 21.6 Å². The number of hydrogen-bond donors (Lipinski definition) is 1. The monoisotopic (exact) mass is 363 g/mol. The molecule has 1 N–H and O–H groups in total. The van der Waals surface area contributed by atoms with Crippen LogP contribution in [0.15, 0.2) is 46.9 Å². The topological polar surface area (TPSA) is 12.0 Å². The summed E-state index contributed by atoms with van der Waals surface area (Å²) in [5.41, 5.74) is 4.26. The van der Waals surface area contributed by atoms with E-state index in [9.17, 15) is 0 Å². The summed E-state index contributed by atoms with van der Waals surface area (Å²) in [6.07, 6.45) is 3.39. The van der Waals surface area contributed by atoms with Crippen LogP contribution in [-0.2, 0) is 12.8 Å². The normalized spacial score (nSPS) is 18.5. The van der Waals surface area contributed by atoms with Crippen molar-refractivity contribution in [3.63, 3.8) is 0 Å². The summed E-state index contributed by atoms with van der Waals surface area (Å²) < 4.78 is 1.18. The summed E-state index contributed by atoms with van der Waals surface area (Å²) in [6.45, 7) is 2.26. The molecule has 1 nitrogen and oxygen atoms in total. The summed E-state index contributed by atoms with van der Waals surface area (Å²) in [4.78, 5) is 0. The van der Waals surface area contributed by atoms with E-state index < -0.39 is 0 Å². The summed E-state index contributed by atoms with van der Waals surface area (Å²) in [5.74, 6) is 0. The van der Waals surface area contributed by atoms with Crippen LogP contribution in [0.25, 0.3) is 0 Å². The number of nitrogens with one attached hydrogen (secondary N) is 1. The van der Waals surface area contributed by atoms with Crippen molar-refractivity contribution in [2.45, 2.75) is 38.3 Å². The maximum atomic E-state index is 5.94. The molecule has 2 aromatic carbocycles. The molecular weight excluding hydrogens is 346 g/mol. The lowest BCUT2D eigenvalue weighted by molar-refractivity contribution is 0.451. The van der Waals surface area contributed by atoms with Crippen molar-refractivity contribution in [2.24, 2.45) is 0 Å². The van der Waals surface area contributed by atoms with Gasteiger partial charge in [-0.1, -0.05) is 45.7 Å². The SMILES string of the molecule is CC(Cc1ccc(Cl)cc1)NC1CCc2cc(Br)ccc21. The van der Waals surface area contributed by atoms with Gasteiger partial charge in [-0.15, -0.1) is 0 Å². The van der Waals surface area contributed by atoms with Crippen LogP contribution in [0.1, 0.15) is 36.1 Å². The van der Waals surface area contributed by atoms with Gasteiger partial charge in [-0.2, -0.15) is 0 Å². The van der Waals surface area contributed by atoms with Crippen molar-refractivity contribution in [3.8, 4) is 0 Å². The van der Waals surface area contributed by atoms with E-state index in [0.717, 1.165) is 11.4 Å². The molecule has 0 saturated carbocycles. The first-order valence-electron chi connectivity index (χ1n) is 7.40. The van der Waals surface area contributed by atoms with Crippen LogP contribution in [0.3, 0.4) is 0 Å². The molecule has 0 amide bonds. The Hall–Kier alpha value is -0.830. The Balaban J connectivity index is 1.64. The lowest BCUT2D eigenvalue weighted by Gasteiger charge is -2.20. The van der Waals surface area contributed by atoms with Crippen molar-refractivity contribution in [2.75, 3.05) is 0 Å². The zero-order valence-electron chi connectivity index (χ0n) is 12.1. The van der Waals surface area contributed by atoms with Crippen LogP contribution in [0.2, 0.25) is 5.02 Å². The fourth-order valence-corrected chi connectivity index (χ4v) is 3.67. The highest BCUT2D eigenvalue weighted by atomic mass is 79.9. The zero-order chi connectivity index (χ0) is 14.8. The third kappa shape index (κ3) is 3.68. The highest BCUT2D eigenvalue weighted by molar-refractivity contribution is 9.10. The van der Waals surface area contributed by atoms with Gasteiger partial charge < -0.3 is 5.32 Å². The number of hydrogen-bond acceptors (Lipinski definition) is 1. The number of rotatable bonds is 4. The molecule has 2 unspecified atom stereocenters. The van der Waals surface area contributed by atoms with Gasteiger partial charge in [0.2, 0.25) is 0 Å². The maximum absolute atomic E-state index is 5.94. The molecule has 0 heterocycles. The van der Waals surface area contributed by atoms with Crippen molar-refractivity contribution in [1.82, 2.24) is 5.32 Å². The van der Waals surface area contributed by atoms with Gasteiger partial charge in [-0.05, 0) is 67.1 Å². The molecular formula is C18H19BrClN. The second kappa shape index (κ2) is 6.51. The summed E-state index contributed by atoms with van der Waals surface area (Å²) in [5, 5.41) is 4.57.